The first kappa shape index (κ1) is 16.2. The maximum absolute atomic E-state index is 13.5. The zero-order valence-corrected chi connectivity index (χ0v) is 12.7. The molecule has 0 spiro atoms. The lowest BCUT2D eigenvalue weighted by molar-refractivity contribution is -0.137. The van der Waals surface area contributed by atoms with Gasteiger partial charge in [0, 0.05) is 30.7 Å². The van der Waals surface area contributed by atoms with Crippen molar-refractivity contribution >= 4 is 5.91 Å². The van der Waals surface area contributed by atoms with Crippen LogP contribution in [0.1, 0.15) is 41.6 Å². The van der Waals surface area contributed by atoms with E-state index in [1.54, 1.807) is 7.05 Å². The van der Waals surface area contributed by atoms with Gasteiger partial charge in [0.25, 0.3) is 5.91 Å². The zero-order chi connectivity index (χ0) is 16.8. The van der Waals surface area contributed by atoms with Crippen LogP contribution in [0.3, 0.4) is 0 Å². The number of piperidine rings is 1. The summed E-state index contributed by atoms with van der Waals surface area (Å²) < 4.78 is 51.8. The summed E-state index contributed by atoms with van der Waals surface area (Å²) in [5.74, 6) is -1.62. The third kappa shape index (κ3) is 3.34. The van der Waals surface area contributed by atoms with Crippen LogP contribution in [-0.2, 0) is 6.18 Å². The highest BCUT2D eigenvalue weighted by molar-refractivity contribution is 5.94. The van der Waals surface area contributed by atoms with Crippen molar-refractivity contribution in [2.75, 3.05) is 7.05 Å². The molecule has 0 radical (unpaired) electrons. The van der Waals surface area contributed by atoms with Gasteiger partial charge in [-0.05, 0) is 43.9 Å². The smallest absolute Gasteiger partial charge is 0.339 e. The first-order chi connectivity index (χ1) is 10.7. The fourth-order valence-corrected chi connectivity index (χ4v) is 3.59. The minimum absolute atomic E-state index is 0.0288. The second-order valence-electron chi connectivity index (χ2n) is 6.41. The molecular formula is C16H18F4N2O. The molecule has 2 aliphatic rings. The van der Waals surface area contributed by atoms with Gasteiger partial charge in [0.1, 0.15) is 5.82 Å². The highest BCUT2D eigenvalue weighted by Crippen LogP contribution is 2.32. The number of hydrogen-bond acceptors (Lipinski definition) is 2. The number of nitrogens with one attached hydrogen (secondary N) is 1. The molecule has 3 nitrogen and oxygen atoms in total. The zero-order valence-electron chi connectivity index (χ0n) is 12.7. The minimum atomic E-state index is -4.68. The monoisotopic (exact) mass is 330 g/mol. The molecule has 7 heteroatoms. The Labute approximate surface area is 131 Å². The molecule has 1 amide bonds. The number of benzene rings is 1. The standard InChI is InChI=1S/C16H18F4N2O/c1-22(14-7-12-2-3-13(8-14)21-12)15(23)9-4-10(16(18,19)20)6-11(17)5-9/h4-6,12-14,21H,2-3,7-8H2,1H3. The Hall–Kier alpha value is -1.63. The van der Waals surface area contributed by atoms with Gasteiger partial charge >= 0.3 is 6.18 Å². The number of carbonyl (C=O) groups excluding carboxylic acids is 1. The van der Waals surface area contributed by atoms with E-state index in [0.29, 0.717) is 18.2 Å². The summed E-state index contributed by atoms with van der Waals surface area (Å²) in [6.07, 6.45) is -1.01. The van der Waals surface area contributed by atoms with E-state index in [2.05, 4.69) is 5.32 Å². The van der Waals surface area contributed by atoms with E-state index < -0.39 is 23.5 Å². The van der Waals surface area contributed by atoms with Crippen molar-refractivity contribution in [3.05, 3.63) is 35.1 Å². The molecule has 1 aromatic rings. The Kier molecular flexibility index (Phi) is 4.08. The molecule has 2 unspecified atom stereocenters. The van der Waals surface area contributed by atoms with Gasteiger partial charge in [-0.1, -0.05) is 0 Å². The summed E-state index contributed by atoms with van der Waals surface area (Å²) >= 11 is 0. The van der Waals surface area contributed by atoms with Crippen molar-refractivity contribution in [3.63, 3.8) is 0 Å². The summed E-state index contributed by atoms with van der Waals surface area (Å²) in [5, 5.41) is 3.45. The molecule has 2 atom stereocenters. The highest BCUT2D eigenvalue weighted by atomic mass is 19.4. The largest absolute Gasteiger partial charge is 0.416 e. The van der Waals surface area contributed by atoms with E-state index in [-0.39, 0.29) is 11.6 Å². The summed E-state index contributed by atoms with van der Waals surface area (Å²) in [4.78, 5) is 13.9. The van der Waals surface area contributed by atoms with E-state index in [1.165, 1.54) is 4.90 Å². The van der Waals surface area contributed by atoms with E-state index >= 15 is 0 Å². The van der Waals surface area contributed by atoms with Crippen molar-refractivity contribution in [1.82, 2.24) is 10.2 Å². The first-order valence-electron chi connectivity index (χ1n) is 7.65. The number of hydrogen-bond donors (Lipinski definition) is 1. The van der Waals surface area contributed by atoms with Crippen LogP contribution in [0.4, 0.5) is 17.6 Å². The summed E-state index contributed by atoms with van der Waals surface area (Å²) in [7, 11) is 1.58. The molecule has 1 aromatic carbocycles. The third-order valence-electron chi connectivity index (χ3n) is 4.79. The number of carbonyl (C=O) groups is 1. The highest BCUT2D eigenvalue weighted by Gasteiger charge is 2.37. The third-order valence-corrected chi connectivity index (χ3v) is 4.79. The molecule has 23 heavy (non-hydrogen) atoms. The second-order valence-corrected chi connectivity index (χ2v) is 6.41. The molecule has 0 aromatic heterocycles. The molecule has 2 bridgehead atoms. The van der Waals surface area contributed by atoms with Crippen molar-refractivity contribution in [1.29, 1.82) is 0 Å². The lowest BCUT2D eigenvalue weighted by Crippen LogP contribution is -2.48. The van der Waals surface area contributed by atoms with Crippen molar-refractivity contribution in [2.45, 2.75) is 50.0 Å². The van der Waals surface area contributed by atoms with Crippen molar-refractivity contribution in [3.8, 4) is 0 Å². The summed E-state index contributed by atoms with van der Waals surface area (Å²) in [5.41, 5.74) is -1.40. The van der Waals surface area contributed by atoms with Gasteiger partial charge in [0.2, 0.25) is 0 Å². The molecule has 126 valence electrons. The average molecular weight is 330 g/mol. The van der Waals surface area contributed by atoms with E-state index in [1.807, 2.05) is 0 Å². The van der Waals surface area contributed by atoms with Gasteiger partial charge in [-0.2, -0.15) is 13.2 Å². The maximum atomic E-state index is 13.5. The van der Waals surface area contributed by atoms with Crippen LogP contribution in [0.25, 0.3) is 0 Å². The predicted octanol–water partition coefficient (Wildman–Crippen LogP) is 3.20. The maximum Gasteiger partial charge on any atom is 0.416 e. The van der Waals surface area contributed by atoms with Gasteiger partial charge in [0.05, 0.1) is 5.56 Å². The molecular weight excluding hydrogens is 312 g/mol. The number of rotatable bonds is 2. The number of nitrogens with zero attached hydrogens (tertiary/aromatic N) is 1. The summed E-state index contributed by atoms with van der Waals surface area (Å²) in [6.45, 7) is 0. The van der Waals surface area contributed by atoms with Crippen LogP contribution in [0.15, 0.2) is 18.2 Å². The fraction of sp³-hybridized carbons (Fsp3) is 0.562. The summed E-state index contributed by atoms with van der Waals surface area (Å²) in [6, 6.07) is 2.67. The Morgan fingerprint density at radius 2 is 1.78 bits per heavy atom. The Morgan fingerprint density at radius 1 is 1.17 bits per heavy atom. The molecule has 0 aliphatic carbocycles. The topological polar surface area (TPSA) is 32.3 Å². The average Bonchev–Trinajstić information content (AvgIpc) is 2.82. The molecule has 2 aliphatic heterocycles. The van der Waals surface area contributed by atoms with Crippen LogP contribution in [0.2, 0.25) is 0 Å². The SMILES string of the molecule is CN(C(=O)c1cc(F)cc(C(F)(F)F)c1)C1CC2CCC(C1)N2. The molecule has 3 rings (SSSR count). The second kappa shape index (κ2) is 5.78. The fourth-order valence-electron chi connectivity index (χ4n) is 3.59. The molecule has 0 saturated carbocycles. The minimum Gasteiger partial charge on any atom is -0.339 e. The van der Waals surface area contributed by atoms with Crippen molar-refractivity contribution < 1.29 is 22.4 Å². The van der Waals surface area contributed by atoms with E-state index in [9.17, 15) is 22.4 Å². The lowest BCUT2D eigenvalue weighted by Gasteiger charge is -2.35. The Morgan fingerprint density at radius 3 is 2.35 bits per heavy atom. The normalized spacial score (nSPS) is 27.1. The number of amides is 1. The van der Waals surface area contributed by atoms with Gasteiger partial charge in [-0.15, -0.1) is 0 Å². The number of alkyl halides is 3. The van der Waals surface area contributed by atoms with Crippen LogP contribution in [-0.4, -0.2) is 36.0 Å². The Balaban J connectivity index is 1.81. The molecule has 1 N–H and O–H groups in total. The number of fused-ring (bicyclic) bond motifs is 2. The van der Waals surface area contributed by atoms with Crippen LogP contribution in [0, 0.1) is 5.82 Å². The van der Waals surface area contributed by atoms with Gasteiger partial charge in [0.15, 0.2) is 0 Å². The number of halogens is 4. The van der Waals surface area contributed by atoms with Gasteiger partial charge < -0.3 is 10.2 Å². The quantitative estimate of drug-likeness (QED) is 0.845. The predicted molar refractivity (Wildman–Crippen MR) is 76.5 cm³/mol. The van der Waals surface area contributed by atoms with Gasteiger partial charge in [-0.3, -0.25) is 4.79 Å². The Bertz CT molecular complexity index is 605. The molecule has 2 fully saturated rings. The van der Waals surface area contributed by atoms with Crippen LogP contribution in [0.5, 0.6) is 0 Å². The lowest BCUT2D eigenvalue weighted by atomic mass is 9.97. The van der Waals surface area contributed by atoms with Crippen LogP contribution < -0.4 is 5.32 Å². The molecule has 2 saturated heterocycles. The van der Waals surface area contributed by atoms with E-state index in [0.717, 1.165) is 37.8 Å². The van der Waals surface area contributed by atoms with Crippen LogP contribution >= 0.6 is 0 Å². The first-order valence-corrected chi connectivity index (χ1v) is 7.65. The molecule has 2 heterocycles. The van der Waals surface area contributed by atoms with Crippen molar-refractivity contribution in [2.24, 2.45) is 0 Å². The van der Waals surface area contributed by atoms with Gasteiger partial charge in [-0.25, -0.2) is 4.39 Å². The van der Waals surface area contributed by atoms with E-state index in [4.69, 9.17) is 0 Å².